The van der Waals surface area contributed by atoms with Crippen molar-refractivity contribution in [3.8, 4) is 0 Å². The molecule has 1 saturated heterocycles. The van der Waals surface area contributed by atoms with Gasteiger partial charge in [0.15, 0.2) is 0 Å². The number of anilines is 1. The van der Waals surface area contributed by atoms with Crippen molar-refractivity contribution in [2.75, 3.05) is 18.4 Å². The zero-order valence-corrected chi connectivity index (χ0v) is 15.4. The molecule has 28 heavy (non-hydrogen) atoms. The summed E-state index contributed by atoms with van der Waals surface area (Å²) >= 11 is 0. The number of urea groups is 1. The summed E-state index contributed by atoms with van der Waals surface area (Å²) in [4.78, 5) is 12.8. The lowest BCUT2D eigenvalue weighted by Gasteiger charge is -2.35. The number of amides is 2. The molecule has 1 N–H and O–H groups in total. The van der Waals surface area contributed by atoms with Gasteiger partial charge in [-0.1, -0.05) is 6.07 Å². The van der Waals surface area contributed by atoms with Crippen LogP contribution in [0.4, 0.5) is 23.7 Å². The van der Waals surface area contributed by atoms with Gasteiger partial charge in [0.2, 0.25) is 9.84 Å². The molecule has 2 aromatic rings. The smallest absolute Gasteiger partial charge is 0.325 e. The molecular formula is C17H17F3N4O3S. The van der Waals surface area contributed by atoms with Crippen LogP contribution in [0.2, 0.25) is 0 Å². The van der Waals surface area contributed by atoms with Crippen molar-refractivity contribution >= 4 is 21.6 Å². The molecule has 2 amide bonds. The first kappa shape index (κ1) is 20.1. The molecule has 0 atom stereocenters. The van der Waals surface area contributed by atoms with Gasteiger partial charge < -0.3 is 10.2 Å². The number of hydrogen-bond donors (Lipinski definition) is 1. The molecule has 0 bridgehead atoms. The van der Waals surface area contributed by atoms with Crippen LogP contribution in [0.3, 0.4) is 0 Å². The Morgan fingerprint density at radius 1 is 1.18 bits per heavy atom. The average molecular weight is 414 g/mol. The van der Waals surface area contributed by atoms with Gasteiger partial charge in [-0.15, -0.1) is 0 Å². The van der Waals surface area contributed by atoms with Crippen LogP contribution in [0.15, 0.2) is 47.6 Å². The average Bonchev–Trinajstić information content (AvgIpc) is 2.68. The van der Waals surface area contributed by atoms with Crippen LogP contribution in [0.25, 0.3) is 0 Å². The van der Waals surface area contributed by atoms with Crippen LogP contribution in [0.1, 0.15) is 12.8 Å². The first-order valence-electron chi connectivity index (χ1n) is 8.42. The number of alkyl halides is 2. The fraction of sp³-hybridized carbons (Fsp3) is 0.353. The summed E-state index contributed by atoms with van der Waals surface area (Å²) in [5, 5.41) is 5.68. The van der Waals surface area contributed by atoms with Crippen molar-refractivity contribution in [3.05, 3.63) is 48.5 Å². The fourth-order valence-electron chi connectivity index (χ4n) is 3.00. The number of likely N-dealkylation sites (tertiary alicyclic amines) is 1. The molecule has 3 rings (SSSR count). The van der Waals surface area contributed by atoms with E-state index >= 15 is 0 Å². The lowest BCUT2D eigenvalue weighted by molar-refractivity contribution is 0.000414. The number of benzene rings is 1. The van der Waals surface area contributed by atoms with Gasteiger partial charge in [0.05, 0.1) is 23.0 Å². The molecule has 0 radical (unpaired) electrons. The van der Waals surface area contributed by atoms with Gasteiger partial charge in [0.25, 0.3) is 0 Å². The third-order valence-electron chi connectivity index (χ3n) is 4.56. The highest BCUT2D eigenvalue weighted by Gasteiger charge is 2.53. The summed E-state index contributed by atoms with van der Waals surface area (Å²) in [6.45, 7) is -0.0768. The zero-order valence-electron chi connectivity index (χ0n) is 14.6. The van der Waals surface area contributed by atoms with Crippen molar-refractivity contribution in [2.45, 2.75) is 23.0 Å². The Morgan fingerprint density at radius 2 is 1.89 bits per heavy atom. The lowest BCUT2D eigenvalue weighted by Crippen LogP contribution is -2.47. The molecule has 0 unspecified atom stereocenters. The van der Waals surface area contributed by atoms with Gasteiger partial charge in [-0.25, -0.2) is 17.6 Å². The molecular weight excluding hydrogens is 397 g/mol. The van der Waals surface area contributed by atoms with Crippen LogP contribution in [0, 0.1) is 11.7 Å². The number of halogens is 3. The second kappa shape index (κ2) is 7.74. The van der Waals surface area contributed by atoms with Crippen molar-refractivity contribution in [1.82, 2.24) is 15.1 Å². The van der Waals surface area contributed by atoms with E-state index < -0.39 is 37.8 Å². The third-order valence-corrected chi connectivity index (χ3v) is 6.48. The Labute approximate surface area is 159 Å². The predicted octanol–water partition coefficient (Wildman–Crippen LogP) is 2.93. The van der Waals surface area contributed by atoms with E-state index in [-0.39, 0.29) is 25.9 Å². The van der Waals surface area contributed by atoms with Crippen LogP contribution >= 0.6 is 0 Å². The zero-order chi connectivity index (χ0) is 20.4. The van der Waals surface area contributed by atoms with Gasteiger partial charge >= 0.3 is 11.3 Å². The van der Waals surface area contributed by atoms with Gasteiger partial charge in [0.1, 0.15) is 5.82 Å². The number of aromatic nitrogens is 2. The van der Waals surface area contributed by atoms with Crippen molar-refractivity contribution < 1.29 is 26.4 Å². The summed E-state index contributed by atoms with van der Waals surface area (Å²) in [5.41, 5.74) is 0.404. The molecule has 7 nitrogen and oxygen atoms in total. The van der Waals surface area contributed by atoms with Crippen LogP contribution < -0.4 is 5.32 Å². The minimum absolute atomic E-state index is 0.0384. The Balaban J connectivity index is 1.67. The SMILES string of the molecule is O=C(Nc1ccnnc1)N1CCC(C(F)(F)S(=O)(=O)c2cccc(F)c2)CC1. The molecule has 150 valence electrons. The molecule has 0 aliphatic carbocycles. The van der Waals surface area contributed by atoms with Crippen LogP contribution in [0.5, 0.6) is 0 Å². The third kappa shape index (κ3) is 3.93. The molecule has 1 fully saturated rings. The van der Waals surface area contributed by atoms with Gasteiger partial charge in [0, 0.05) is 19.0 Å². The van der Waals surface area contributed by atoms with Gasteiger partial charge in [-0.05, 0) is 37.1 Å². The quantitative estimate of drug-likeness (QED) is 0.831. The van der Waals surface area contributed by atoms with Crippen molar-refractivity contribution in [1.29, 1.82) is 0 Å². The topological polar surface area (TPSA) is 92.3 Å². The molecule has 1 aliphatic heterocycles. The van der Waals surface area contributed by atoms with Crippen molar-refractivity contribution in [3.63, 3.8) is 0 Å². The standard InChI is InChI=1S/C17H17F3N4O3S/c18-13-2-1-3-15(10-13)28(26,27)17(19,20)12-5-8-24(9-6-12)16(25)23-14-4-7-21-22-11-14/h1-4,7,10-12H,5-6,8-9H2,(H,21,23,25). The maximum Gasteiger partial charge on any atom is 0.352 e. The number of sulfone groups is 1. The molecule has 2 heterocycles. The second-order valence-electron chi connectivity index (χ2n) is 6.35. The number of hydrogen-bond acceptors (Lipinski definition) is 5. The molecule has 0 spiro atoms. The largest absolute Gasteiger partial charge is 0.352 e. The first-order chi connectivity index (χ1) is 13.2. The first-order valence-corrected chi connectivity index (χ1v) is 9.91. The number of nitrogens with one attached hydrogen (secondary N) is 1. The van der Waals surface area contributed by atoms with Gasteiger partial charge in [-0.3, -0.25) is 0 Å². The maximum atomic E-state index is 14.7. The molecule has 1 aromatic heterocycles. The van der Waals surface area contributed by atoms with E-state index in [1.54, 1.807) is 0 Å². The number of carbonyl (C=O) groups is 1. The summed E-state index contributed by atoms with van der Waals surface area (Å²) in [6.07, 6.45) is 2.32. The summed E-state index contributed by atoms with van der Waals surface area (Å²) in [5.74, 6) is -2.39. The van der Waals surface area contributed by atoms with E-state index in [4.69, 9.17) is 0 Å². The molecule has 11 heteroatoms. The highest BCUT2D eigenvalue weighted by molar-refractivity contribution is 7.92. The number of piperidine rings is 1. The van der Waals surface area contributed by atoms with E-state index in [1.165, 1.54) is 23.4 Å². The maximum absolute atomic E-state index is 14.7. The number of nitrogens with zero attached hydrogens (tertiary/aromatic N) is 3. The number of rotatable bonds is 4. The Kier molecular flexibility index (Phi) is 5.54. The Morgan fingerprint density at radius 3 is 2.50 bits per heavy atom. The second-order valence-corrected chi connectivity index (χ2v) is 8.37. The molecule has 1 aliphatic rings. The lowest BCUT2D eigenvalue weighted by atomic mass is 9.97. The van der Waals surface area contributed by atoms with E-state index in [0.717, 1.165) is 18.2 Å². The van der Waals surface area contributed by atoms with E-state index in [9.17, 15) is 26.4 Å². The fourth-order valence-corrected chi connectivity index (χ4v) is 4.51. The highest BCUT2D eigenvalue weighted by Crippen LogP contribution is 2.41. The van der Waals surface area contributed by atoms with E-state index in [2.05, 4.69) is 15.5 Å². The van der Waals surface area contributed by atoms with E-state index in [0.29, 0.717) is 11.8 Å². The van der Waals surface area contributed by atoms with Crippen LogP contribution in [-0.2, 0) is 9.84 Å². The van der Waals surface area contributed by atoms with Crippen LogP contribution in [-0.4, -0.2) is 47.9 Å². The van der Waals surface area contributed by atoms with E-state index in [1.807, 2.05) is 0 Å². The summed E-state index contributed by atoms with van der Waals surface area (Å²) in [6, 6.07) is 4.60. The van der Waals surface area contributed by atoms with Gasteiger partial charge in [-0.2, -0.15) is 19.0 Å². The minimum atomic E-state index is -5.05. The van der Waals surface area contributed by atoms with Crippen molar-refractivity contribution in [2.24, 2.45) is 5.92 Å². The molecule has 1 aromatic carbocycles. The number of carbonyl (C=O) groups excluding carboxylic acids is 1. The Bertz CT molecular complexity index is 949. The summed E-state index contributed by atoms with van der Waals surface area (Å²) < 4.78 is 67.4. The predicted molar refractivity (Wildman–Crippen MR) is 93.9 cm³/mol. The summed E-state index contributed by atoms with van der Waals surface area (Å²) in [7, 11) is -5.05. The highest BCUT2D eigenvalue weighted by atomic mass is 32.2. The monoisotopic (exact) mass is 414 g/mol. The Hall–Kier alpha value is -2.69. The minimum Gasteiger partial charge on any atom is -0.325 e. The molecule has 0 saturated carbocycles. The normalized spacial score (nSPS) is 16.0.